The lowest BCUT2D eigenvalue weighted by Crippen LogP contribution is -2.42. The predicted molar refractivity (Wildman–Crippen MR) is 98.4 cm³/mol. The molecule has 1 amide bonds. The van der Waals surface area contributed by atoms with Crippen molar-refractivity contribution in [1.82, 2.24) is 19.8 Å². The summed E-state index contributed by atoms with van der Waals surface area (Å²) < 4.78 is 7.71. The molecule has 2 aliphatic rings. The number of rotatable bonds is 6. The molecule has 3 heterocycles. The number of nitrogens with one attached hydrogen (secondary N) is 1. The van der Waals surface area contributed by atoms with Crippen LogP contribution in [0.25, 0.3) is 0 Å². The van der Waals surface area contributed by atoms with Gasteiger partial charge in [0.1, 0.15) is 6.23 Å². The van der Waals surface area contributed by atoms with E-state index in [1.165, 1.54) is 0 Å². The largest absolute Gasteiger partial charge is 0.358 e. The van der Waals surface area contributed by atoms with Gasteiger partial charge in [0.25, 0.3) is 0 Å². The second-order valence-electron chi connectivity index (χ2n) is 7.04. The molecule has 2 saturated heterocycles. The highest BCUT2D eigenvalue weighted by Gasteiger charge is 2.37. The number of likely N-dealkylation sites (tertiary alicyclic amines) is 1. The predicted octanol–water partition coefficient (Wildman–Crippen LogP) is 1.63. The first kappa shape index (κ1) is 17.7. The summed E-state index contributed by atoms with van der Waals surface area (Å²) in [7, 11) is 0. The highest BCUT2D eigenvalue weighted by atomic mass is 16.5. The summed E-state index contributed by atoms with van der Waals surface area (Å²) in [5, 5.41) is 12.3. The topological polar surface area (TPSA) is 83.2 Å². The summed E-state index contributed by atoms with van der Waals surface area (Å²) in [5.41, 5.74) is 2.79. The first-order valence-electron chi connectivity index (χ1n) is 9.38. The Balaban J connectivity index is 1.35. The van der Waals surface area contributed by atoms with Gasteiger partial charge in [0.15, 0.2) is 0 Å². The quantitative estimate of drug-likeness (QED) is 0.841. The Morgan fingerprint density at radius 1 is 1.30 bits per heavy atom. The molecule has 2 aliphatic heterocycles. The number of amides is 1. The van der Waals surface area contributed by atoms with Gasteiger partial charge in [-0.25, -0.2) is 4.98 Å². The van der Waals surface area contributed by atoms with Crippen molar-refractivity contribution in [3.8, 4) is 6.07 Å². The van der Waals surface area contributed by atoms with Gasteiger partial charge in [0, 0.05) is 32.4 Å². The minimum atomic E-state index is -0.160. The van der Waals surface area contributed by atoms with Crippen molar-refractivity contribution in [1.29, 1.82) is 5.26 Å². The number of nitrogens with zero attached hydrogens (tertiary/aromatic N) is 4. The third-order valence-corrected chi connectivity index (χ3v) is 5.26. The highest BCUT2D eigenvalue weighted by molar-refractivity contribution is 5.84. The van der Waals surface area contributed by atoms with Crippen molar-refractivity contribution in [2.75, 3.05) is 13.2 Å². The fraction of sp³-hybridized carbons (Fsp3) is 0.450. The highest BCUT2D eigenvalue weighted by Crippen LogP contribution is 2.22. The van der Waals surface area contributed by atoms with E-state index in [1.54, 1.807) is 6.33 Å². The molecule has 2 aromatic rings. The molecular weight excluding hydrogens is 342 g/mol. The molecule has 0 bridgehead atoms. The Hall–Kier alpha value is -2.69. The van der Waals surface area contributed by atoms with Gasteiger partial charge in [0.05, 0.1) is 29.7 Å². The number of benzene rings is 1. The molecule has 0 saturated carbocycles. The standard InChI is InChI=1S/C20H23N5O2/c21-10-15-3-5-16(6-4-15)13-24-14-22-11-17(24)12-23-18-7-8-25(20(18)26)19-2-1-9-27-19/h3-6,11,14,18-19,23H,1-2,7-9,12-13H2/t18-,19?/m0/s1. The van der Waals surface area contributed by atoms with Gasteiger partial charge in [-0.05, 0) is 37.0 Å². The third kappa shape index (κ3) is 3.87. The molecular formula is C20H23N5O2. The van der Waals surface area contributed by atoms with E-state index in [1.807, 2.05) is 35.4 Å². The number of imidazole rings is 1. The Kier molecular flexibility index (Phi) is 5.19. The molecule has 4 rings (SSSR count). The van der Waals surface area contributed by atoms with Gasteiger partial charge in [-0.3, -0.25) is 4.79 Å². The molecule has 1 aromatic heterocycles. The van der Waals surface area contributed by atoms with E-state index in [0.717, 1.165) is 43.7 Å². The van der Waals surface area contributed by atoms with Crippen molar-refractivity contribution >= 4 is 5.91 Å². The molecule has 140 valence electrons. The Morgan fingerprint density at radius 3 is 2.89 bits per heavy atom. The summed E-state index contributed by atoms with van der Waals surface area (Å²) >= 11 is 0. The lowest BCUT2D eigenvalue weighted by atomic mass is 10.1. The van der Waals surface area contributed by atoms with Crippen molar-refractivity contribution in [3.05, 3.63) is 53.6 Å². The number of carbonyl (C=O) groups is 1. The van der Waals surface area contributed by atoms with E-state index in [0.29, 0.717) is 18.7 Å². The summed E-state index contributed by atoms with van der Waals surface area (Å²) in [5.74, 6) is 0.139. The molecule has 0 radical (unpaired) electrons. The van der Waals surface area contributed by atoms with Crippen LogP contribution in [-0.4, -0.2) is 45.8 Å². The summed E-state index contributed by atoms with van der Waals surface area (Å²) in [6, 6.07) is 9.52. The fourth-order valence-corrected chi connectivity index (χ4v) is 3.73. The molecule has 7 nitrogen and oxygen atoms in total. The summed E-state index contributed by atoms with van der Waals surface area (Å²) in [4.78, 5) is 18.7. The maximum atomic E-state index is 12.6. The van der Waals surface area contributed by atoms with E-state index < -0.39 is 0 Å². The monoisotopic (exact) mass is 365 g/mol. The maximum absolute atomic E-state index is 12.6. The average Bonchev–Trinajstić information content (AvgIpc) is 3.43. The van der Waals surface area contributed by atoms with Crippen LogP contribution in [0.15, 0.2) is 36.8 Å². The van der Waals surface area contributed by atoms with Crippen LogP contribution < -0.4 is 5.32 Å². The molecule has 2 atom stereocenters. The van der Waals surface area contributed by atoms with Gasteiger partial charge in [-0.15, -0.1) is 0 Å². The smallest absolute Gasteiger partial charge is 0.241 e. The number of nitriles is 1. The van der Waals surface area contributed by atoms with E-state index >= 15 is 0 Å². The van der Waals surface area contributed by atoms with Crippen LogP contribution in [0.5, 0.6) is 0 Å². The van der Waals surface area contributed by atoms with Crippen LogP contribution in [0, 0.1) is 11.3 Å². The minimum Gasteiger partial charge on any atom is -0.358 e. The lowest BCUT2D eigenvalue weighted by Gasteiger charge is -2.23. The Bertz CT molecular complexity index is 833. The molecule has 1 unspecified atom stereocenters. The second kappa shape index (κ2) is 7.91. The molecule has 0 spiro atoms. The van der Waals surface area contributed by atoms with E-state index in [9.17, 15) is 4.79 Å². The molecule has 7 heteroatoms. The number of ether oxygens (including phenoxy) is 1. The van der Waals surface area contributed by atoms with Gasteiger partial charge in [-0.1, -0.05) is 12.1 Å². The van der Waals surface area contributed by atoms with E-state index in [4.69, 9.17) is 10.00 Å². The molecule has 27 heavy (non-hydrogen) atoms. The van der Waals surface area contributed by atoms with E-state index in [2.05, 4.69) is 20.9 Å². The van der Waals surface area contributed by atoms with Crippen molar-refractivity contribution in [2.24, 2.45) is 0 Å². The molecule has 0 aliphatic carbocycles. The van der Waals surface area contributed by atoms with Gasteiger partial charge < -0.3 is 19.5 Å². The van der Waals surface area contributed by atoms with Crippen LogP contribution in [0.4, 0.5) is 0 Å². The normalized spacial score (nSPS) is 22.3. The SMILES string of the molecule is N#Cc1ccc(Cn2cncc2CN[C@H]2CCN(C3CCCO3)C2=O)cc1. The number of hydrogen-bond acceptors (Lipinski definition) is 5. The van der Waals surface area contributed by atoms with Crippen LogP contribution in [0.3, 0.4) is 0 Å². The van der Waals surface area contributed by atoms with Crippen molar-refractivity contribution in [3.63, 3.8) is 0 Å². The number of aromatic nitrogens is 2. The zero-order chi connectivity index (χ0) is 18.6. The summed E-state index contributed by atoms with van der Waals surface area (Å²) in [6.07, 6.45) is 6.36. The number of hydrogen-bond donors (Lipinski definition) is 1. The molecule has 1 N–H and O–H groups in total. The van der Waals surface area contributed by atoms with E-state index in [-0.39, 0.29) is 18.2 Å². The van der Waals surface area contributed by atoms with Crippen molar-refractivity contribution < 1.29 is 9.53 Å². The Labute approximate surface area is 158 Å². The number of carbonyl (C=O) groups excluding carboxylic acids is 1. The summed E-state index contributed by atoms with van der Waals surface area (Å²) in [6.45, 7) is 2.78. The van der Waals surface area contributed by atoms with Crippen LogP contribution in [0.2, 0.25) is 0 Å². The van der Waals surface area contributed by atoms with Crippen LogP contribution >= 0.6 is 0 Å². The van der Waals surface area contributed by atoms with Gasteiger partial charge in [-0.2, -0.15) is 5.26 Å². The second-order valence-corrected chi connectivity index (χ2v) is 7.04. The Morgan fingerprint density at radius 2 is 2.15 bits per heavy atom. The maximum Gasteiger partial charge on any atom is 0.241 e. The first-order valence-corrected chi connectivity index (χ1v) is 9.38. The zero-order valence-electron chi connectivity index (χ0n) is 15.2. The first-order chi connectivity index (χ1) is 13.2. The van der Waals surface area contributed by atoms with Crippen LogP contribution in [0.1, 0.15) is 36.1 Å². The third-order valence-electron chi connectivity index (χ3n) is 5.26. The average molecular weight is 365 g/mol. The van der Waals surface area contributed by atoms with Gasteiger partial charge in [0.2, 0.25) is 5.91 Å². The van der Waals surface area contributed by atoms with Crippen LogP contribution in [-0.2, 0) is 22.6 Å². The lowest BCUT2D eigenvalue weighted by molar-refractivity contribution is -0.138. The fourth-order valence-electron chi connectivity index (χ4n) is 3.73. The minimum absolute atomic E-state index is 0.0359. The van der Waals surface area contributed by atoms with Crippen molar-refractivity contribution in [2.45, 2.75) is 44.6 Å². The van der Waals surface area contributed by atoms with Gasteiger partial charge >= 0.3 is 0 Å². The molecule has 2 fully saturated rings. The zero-order valence-corrected chi connectivity index (χ0v) is 15.2. The molecule has 1 aromatic carbocycles.